The molecule has 2 fully saturated rings. The third-order valence-corrected chi connectivity index (χ3v) is 9.76. The molecule has 2 aliphatic rings. The number of amides is 1. The number of aliphatic imine (C=N–C) groups is 1. The molecule has 0 bridgehead atoms. The normalized spacial score (nSPS) is 18.4. The fourth-order valence-corrected chi connectivity index (χ4v) is 7.67. The van der Waals surface area contributed by atoms with E-state index in [0.717, 1.165) is 80.2 Å². The van der Waals surface area contributed by atoms with Crippen molar-refractivity contribution in [1.29, 1.82) is 5.26 Å². The van der Waals surface area contributed by atoms with Crippen LogP contribution in [-0.4, -0.2) is 33.2 Å². The van der Waals surface area contributed by atoms with E-state index in [2.05, 4.69) is 37.5 Å². The number of nitrogens with zero attached hydrogens (tertiary/aromatic N) is 4. The topological polar surface area (TPSA) is 70.6 Å². The molecule has 202 valence electrons. The van der Waals surface area contributed by atoms with Crippen molar-refractivity contribution in [3.63, 3.8) is 0 Å². The number of hydrogen-bond acceptors (Lipinski definition) is 6. The maximum absolute atomic E-state index is 13.9. The van der Waals surface area contributed by atoms with Crippen LogP contribution in [0.2, 0.25) is 0 Å². The summed E-state index contributed by atoms with van der Waals surface area (Å²) >= 11 is 3.10. The van der Waals surface area contributed by atoms with Crippen molar-refractivity contribution in [1.82, 2.24) is 9.47 Å². The molecular weight excluding hydrogens is 525 g/mol. The number of carbonyl (C=O) groups excluding carboxylic acids is 1. The van der Waals surface area contributed by atoms with E-state index >= 15 is 0 Å². The standard InChI is InChI=1S/C31H34N4O2S2/c1-6-37-26-14-12-24(13-15-26)33-31-35(25-10-8-7-9-11-25)29(36)28(39-31)17-23-16-19(2)34(21(23)4)30-27(18-32)20(3)22(5)38-30/h12-17,25H,6-11H2,1-5H3. The summed E-state index contributed by atoms with van der Waals surface area (Å²) in [6, 6.07) is 12.4. The van der Waals surface area contributed by atoms with Gasteiger partial charge in [-0.05, 0) is 107 Å². The number of thioether (sulfide) groups is 1. The van der Waals surface area contributed by atoms with Crippen LogP contribution in [0.5, 0.6) is 5.75 Å². The Hall–Kier alpha value is -3.28. The number of amidine groups is 1. The number of ether oxygens (including phenoxy) is 1. The highest BCUT2D eigenvalue weighted by Gasteiger charge is 2.39. The first-order valence-corrected chi connectivity index (χ1v) is 15.2. The number of thiophene rings is 1. The molecule has 0 radical (unpaired) electrons. The maximum Gasteiger partial charge on any atom is 0.267 e. The minimum absolute atomic E-state index is 0.0296. The van der Waals surface area contributed by atoms with E-state index in [1.165, 1.54) is 18.2 Å². The van der Waals surface area contributed by atoms with Crippen molar-refractivity contribution in [2.45, 2.75) is 72.8 Å². The lowest BCUT2D eigenvalue weighted by molar-refractivity contribution is -0.124. The van der Waals surface area contributed by atoms with E-state index in [1.54, 1.807) is 11.3 Å². The largest absolute Gasteiger partial charge is 0.494 e. The van der Waals surface area contributed by atoms with Crippen LogP contribution in [0.15, 0.2) is 40.2 Å². The molecule has 39 heavy (non-hydrogen) atoms. The van der Waals surface area contributed by atoms with Gasteiger partial charge in [-0.15, -0.1) is 11.3 Å². The van der Waals surface area contributed by atoms with Crippen LogP contribution in [0.1, 0.15) is 72.0 Å². The molecule has 1 saturated heterocycles. The van der Waals surface area contributed by atoms with E-state index in [0.29, 0.717) is 11.5 Å². The SMILES string of the molecule is CCOc1ccc(N=C2SC(=Cc3cc(C)n(-c4sc(C)c(C)c4C#N)c3C)C(=O)N2C2CCCCC2)cc1. The van der Waals surface area contributed by atoms with Crippen LogP contribution in [0.25, 0.3) is 11.1 Å². The van der Waals surface area contributed by atoms with Crippen molar-refractivity contribution in [3.8, 4) is 16.8 Å². The summed E-state index contributed by atoms with van der Waals surface area (Å²) < 4.78 is 7.72. The quantitative estimate of drug-likeness (QED) is 0.288. The third-order valence-electron chi connectivity index (χ3n) is 7.59. The monoisotopic (exact) mass is 558 g/mol. The summed E-state index contributed by atoms with van der Waals surface area (Å²) in [4.78, 5) is 22.6. The number of benzene rings is 1. The molecule has 5 rings (SSSR count). The van der Waals surface area contributed by atoms with Gasteiger partial charge in [0.2, 0.25) is 0 Å². The van der Waals surface area contributed by atoms with Gasteiger partial charge in [-0.25, -0.2) is 4.99 Å². The third kappa shape index (κ3) is 5.30. The molecule has 6 nitrogen and oxygen atoms in total. The van der Waals surface area contributed by atoms with Gasteiger partial charge in [-0.2, -0.15) is 5.26 Å². The molecule has 3 aromatic rings. The van der Waals surface area contributed by atoms with E-state index in [9.17, 15) is 10.1 Å². The van der Waals surface area contributed by atoms with Gasteiger partial charge >= 0.3 is 0 Å². The number of aryl methyl sites for hydroxylation is 2. The number of aromatic nitrogens is 1. The lowest BCUT2D eigenvalue weighted by Crippen LogP contribution is -2.40. The van der Waals surface area contributed by atoms with Gasteiger partial charge in [0.25, 0.3) is 5.91 Å². The summed E-state index contributed by atoms with van der Waals surface area (Å²) in [5.41, 5.74) is 5.61. The number of nitriles is 1. The van der Waals surface area contributed by atoms with Gasteiger partial charge in [-0.1, -0.05) is 19.3 Å². The van der Waals surface area contributed by atoms with E-state index in [4.69, 9.17) is 9.73 Å². The maximum atomic E-state index is 13.9. The zero-order valence-electron chi connectivity index (χ0n) is 23.2. The Balaban J connectivity index is 1.52. The first kappa shape index (κ1) is 27.3. The molecule has 8 heteroatoms. The van der Waals surface area contributed by atoms with Crippen molar-refractivity contribution in [3.05, 3.63) is 68.2 Å². The van der Waals surface area contributed by atoms with E-state index in [1.807, 2.05) is 49.1 Å². The Labute approximate surface area is 239 Å². The van der Waals surface area contributed by atoms with E-state index in [-0.39, 0.29) is 11.9 Å². The second-order valence-corrected chi connectivity index (χ2v) is 12.3. The average Bonchev–Trinajstić information content (AvgIpc) is 3.50. The first-order chi connectivity index (χ1) is 18.8. The lowest BCUT2D eigenvalue weighted by Gasteiger charge is -2.30. The Morgan fingerprint density at radius 1 is 1.13 bits per heavy atom. The highest BCUT2D eigenvalue weighted by molar-refractivity contribution is 8.18. The molecule has 0 spiro atoms. The lowest BCUT2D eigenvalue weighted by atomic mass is 9.94. The smallest absolute Gasteiger partial charge is 0.267 e. The summed E-state index contributed by atoms with van der Waals surface area (Å²) in [5.74, 6) is 0.842. The Morgan fingerprint density at radius 2 is 1.85 bits per heavy atom. The highest BCUT2D eigenvalue weighted by Crippen LogP contribution is 2.40. The second kappa shape index (κ2) is 11.4. The van der Waals surface area contributed by atoms with Gasteiger partial charge in [0.1, 0.15) is 16.8 Å². The predicted octanol–water partition coefficient (Wildman–Crippen LogP) is 7.98. The molecule has 1 aliphatic carbocycles. The fraction of sp³-hybridized carbons (Fsp3) is 0.387. The van der Waals surface area contributed by atoms with Gasteiger partial charge in [-0.3, -0.25) is 9.69 Å². The van der Waals surface area contributed by atoms with Gasteiger partial charge < -0.3 is 9.30 Å². The number of rotatable bonds is 6. The molecule has 1 saturated carbocycles. The van der Waals surface area contributed by atoms with Crippen molar-refractivity contribution >= 4 is 45.9 Å². The summed E-state index contributed by atoms with van der Waals surface area (Å²) in [6.07, 6.45) is 7.50. The molecule has 1 aliphatic heterocycles. The van der Waals surface area contributed by atoms with Crippen molar-refractivity contribution < 1.29 is 9.53 Å². The predicted molar refractivity (Wildman–Crippen MR) is 161 cm³/mol. The van der Waals surface area contributed by atoms with Crippen LogP contribution >= 0.6 is 23.1 Å². The van der Waals surface area contributed by atoms with Crippen LogP contribution in [0, 0.1) is 39.0 Å². The summed E-state index contributed by atoms with van der Waals surface area (Å²) in [6.45, 7) is 10.8. The molecule has 3 heterocycles. The summed E-state index contributed by atoms with van der Waals surface area (Å²) in [7, 11) is 0. The molecule has 1 aromatic carbocycles. The zero-order chi connectivity index (χ0) is 27.7. The van der Waals surface area contributed by atoms with Gasteiger partial charge in [0.05, 0.1) is 22.8 Å². The van der Waals surface area contributed by atoms with Crippen LogP contribution in [-0.2, 0) is 4.79 Å². The Morgan fingerprint density at radius 3 is 2.51 bits per heavy atom. The van der Waals surface area contributed by atoms with Gasteiger partial charge in [0.15, 0.2) is 5.17 Å². The van der Waals surface area contributed by atoms with Gasteiger partial charge in [0, 0.05) is 22.3 Å². The highest BCUT2D eigenvalue weighted by atomic mass is 32.2. The Bertz CT molecular complexity index is 1500. The first-order valence-electron chi connectivity index (χ1n) is 13.6. The molecule has 2 aromatic heterocycles. The fourth-order valence-electron chi connectivity index (χ4n) is 5.41. The Kier molecular flexibility index (Phi) is 8.01. The molecular formula is C31H34N4O2S2. The van der Waals surface area contributed by atoms with E-state index < -0.39 is 0 Å². The molecule has 0 atom stereocenters. The van der Waals surface area contributed by atoms with Crippen molar-refractivity contribution in [2.24, 2.45) is 4.99 Å². The molecule has 0 unspecified atom stereocenters. The van der Waals surface area contributed by atoms with Crippen LogP contribution in [0.3, 0.4) is 0 Å². The number of carbonyl (C=O) groups is 1. The van der Waals surface area contributed by atoms with Crippen molar-refractivity contribution in [2.75, 3.05) is 6.61 Å². The minimum Gasteiger partial charge on any atom is -0.494 e. The average molecular weight is 559 g/mol. The molecule has 0 N–H and O–H groups in total. The van der Waals surface area contributed by atoms with Crippen LogP contribution in [0.4, 0.5) is 5.69 Å². The van der Waals surface area contributed by atoms with Crippen LogP contribution < -0.4 is 4.74 Å². The molecule has 1 amide bonds. The number of hydrogen-bond donors (Lipinski definition) is 0. The zero-order valence-corrected chi connectivity index (χ0v) is 24.8. The minimum atomic E-state index is 0.0296. The second-order valence-electron chi connectivity index (χ2n) is 10.1. The summed E-state index contributed by atoms with van der Waals surface area (Å²) in [5, 5.41) is 11.5.